The maximum absolute atomic E-state index is 12.8. The number of benzene rings is 1. The normalized spacial score (nSPS) is 19.6. The molecule has 1 atom stereocenters. The van der Waals surface area contributed by atoms with Gasteiger partial charge in [0.05, 0.1) is 11.6 Å². The number of carbonyl (C=O) groups excluding carboxylic acids is 1. The van der Waals surface area contributed by atoms with Gasteiger partial charge in [-0.15, -0.1) is 0 Å². The van der Waals surface area contributed by atoms with E-state index in [0.29, 0.717) is 5.75 Å². The molecule has 1 fully saturated rings. The lowest BCUT2D eigenvalue weighted by molar-refractivity contribution is -0.138. The van der Waals surface area contributed by atoms with E-state index in [1.54, 1.807) is 11.8 Å². The lowest BCUT2D eigenvalue weighted by atomic mass is 10.1. The third-order valence-corrected chi connectivity index (χ3v) is 4.08. The number of amides is 1. The third-order valence-electron chi connectivity index (χ3n) is 3.01. The first-order valence-electron chi connectivity index (χ1n) is 6.22. The maximum Gasteiger partial charge on any atom is 0.416 e. The zero-order chi connectivity index (χ0) is 14.6. The molecule has 110 valence electrons. The van der Waals surface area contributed by atoms with Gasteiger partial charge in [0.1, 0.15) is 0 Å². The zero-order valence-electron chi connectivity index (χ0n) is 10.7. The van der Waals surface area contributed by atoms with Gasteiger partial charge in [0.25, 0.3) is 0 Å². The second kappa shape index (κ2) is 6.49. The highest BCUT2D eigenvalue weighted by atomic mass is 32.2. The number of nitrogens with one attached hydrogen (secondary N) is 2. The Hall–Kier alpha value is -1.21. The third kappa shape index (κ3) is 3.89. The summed E-state index contributed by atoms with van der Waals surface area (Å²) in [5, 5.41) is 5.61. The first-order valence-corrected chi connectivity index (χ1v) is 7.38. The smallest absolute Gasteiger partial charge is 0.351 e. The van der Waals surface area contributed by atoms with Gasteiger partial charge in [-0.2, -0.15) is 24.9 Å². The first kappa shape index (κ1) is 15.2. The molecule has 0 aromatic heterocycles. The Bertz CT molecular complexity index is 473. The van der Waals surface area contributed by atoms with Crippen molar-refractivity contribution in [3.63, 3.8) is 0 Å². The molecule has 0 radical (unpaired) electrons. The average Bonchev–Trinajstić information content (AvgIpc) is 2.45. The van der Waals surface area contributed by atoms with Crippen LogP contribution in [-0.2, 0) is 17.5 Å². The van der Waals surface area contributed by atoms with E-state index in [1.165, 1.54) is 18.2 Å². The fourth-order valence-electron chi connectivity index (χ4n) is 1.99. The van der Waals surface area contributed by atoms with Crippen molar-refractivity contribution in [3.8, 4) is 0 Å². The molecule has 1 amide bonds. The molecule has 3 nitrogen and oxygen atoms in total. The number of alkyl halides is 3. The van der Waals surface area contributed by atoms with Crippen LogP contribution >= 0.6 is 11.8 Å². The van der Waals surface area contributed by atoms with Gasteiger partial charge in [-0.25, -0.2) is 0 Å². The molecule has 0 spiro atoms. The minimum Gasteiger partial charge on any atom is -0.351 e. The summed E-state index contributed by atoms with van der Waals surface area (Å²) < 4.78 is 38.4. The van der Waals surface area contributed by atoms with Crippen molar-refractivity contribution in [3.05, 3.63) is 35.4 Å². The molecule has 2 N–H and O–H groups in total. The highest BCUT2D eigenvalue weighted by molar-refractivity contribution is 7.99. The maximum atomic E-state index is 12.8. The van der Waals surface area contributed by atoms with Crippen molar-refractivity contribution in [2.45, 2.75) is 18.8 Å². The van der Waals surface area contributed by atoms with Crippen LogP contribution in [0.1, 0.15) is 11.1 Å². The molecule has 20 heavy (non-hydrogen) atoms. The Morgan fingerprint density at radius 3 is 2.80 bits per heavy atom. The number of halogens is 3. The van der Waals surface area contributed by atoms with Gasteiger partial charge < -0.3 is 10.6 Å². The Labute approximate surface area is 119 Å². The Kier molecular flexibility index (Phi) is 4.93. The summed E-state index contributed by atoms with van der Waals surface area (Å²) >= 11 is 1.66. The predicted molar refractivity (Wildman–Crippen MR) is 72.4 cm³/mol. The zero-order valence-corrected chi connectivity index (χ0v) is 11.5. The molecule has 1 saturated heterocycles. The molecule has 1 heterocycles. The van der Waals surface area contributed by atoms with Crippen molar-refractivity contribution < 1.29 is 18.0 Å². The summed E-state index contributed by atoms with van der Waals surface area (Å²) in [7, 11) is 0. The summed E-state index contributed by atoms with van der Waals surface area (Å²) in [5.41, 5.74) is -0.622. The number of rotatable bonds is 3. The van der Waals surface area contributed by atoms with Crippen LogP contribution in [0.4, 0.5) is 13.2 Å². The van der Waals surface area contributed by atoms with Crippen molar-refractivity contribution in [1.82, 2.24) is 10.6 Å². The molecule has 0 aliphatic carbocycles. The summed E-state index contributed by atoms with van der Waals surface area (Å²) in [6.07, 6.45) is -4.40. The highest BCUT2D eigenvalue weighted by Gasteiger charge is 2.33. The van der Waals surface area contributed by atoms with Gasteiger partial charge >= 0.3 is 6.18 Å². The van der Waals surface area contributed by atoms with E-state index in [-0.39, 0.29) is 24.1 Å². The largest absolute Gasteiger partial charge is 0.416 e. The van der Waals surface area contributed by atoms with E-state index in [4.69, 9.17) is 0 Å². The lowest BCUT2D eigenvalue weighted by Crippen LogP contribution is -2.48. The number of hydrogen-bond donors (Lipinski definition) is 2. The van der Waals surface area contributed by atoms with Crippen LogP contribution in [0.2, 0.25) is 0 Å². The van der Waals surface area contributed by atoms with Gasteiger partial charge in [-0.05, 0) is 11.6 Å². The van der Waals surface area contributed by atoms with Crippen molar-refractivity contribution in [1.29, 1.82) is 0 Å². The van der Waals surface area contributed by atoms with Gasteiger partial charge in [0.15, 0.2) is 0 Å². The average molecular weight is 304 g/mol. The molecule has 1 aromatic carbocycles. The van der Waals surface area contributed by atoms with Crippen molar-refractivity contribution in [2.24, 2.45) is 0 Å². The monoisotopic (exact) mass is 304 g/mol. The number of thioether (sulfide) groups is 1. The summed E-state index contributed by atoms with van der Waals surface area (Å²) in [6, 6.07) is 4.95. The minimum atomic E-state index is -4.40. The lowest BCUT2D eigenvalue weighted by Gasteiger charge is -2.22. The fourth-order valence-corrected chi connectivity index (χ4v) is 2.92. The number of carbonyl (C=O) groups is 1. The molecule has 7 heteroatoms. The Morgan fingerprint density at radius 2 is 2.15 bits per heavy atom. The van der Waals surface area contributed by atoms with Crippen molar-refractivity contribution >= 4 is 17.7 Å². The van der Waals surface area contributed by atoms with Crippen LogP contribution < -0.4 is 10.6 Å². The molecule has 1 aliphatic rings. The molecule has 1 aliphatic heterocycles. The van der Waals surface area contributed by atoms with Crippen LogP contribution in [0.25, 0.3) is 0 Å². The van der Waals surface area contributed by atoms with Crippen LogP contribution in [0.15, 0.2) is 24.3 Å². The molecule has 0 bridgehead atoms. The van der Waals surface area contributed by atoms with E-state index >= 15 is 0 Å². The van der Waals surface area contributed by atoms with E-state index in [9.17, 15) is 18.0 Å². The molecule has 1 unspecified atom stereocenters. The fraction of sp³-hybridized carbons (Fsp3) is 0.462. The second-order valence-corrected chi connectivity index (χ2v) is 5.60. The van der Waals surface area contributed by atoms with Crippen LogP contribution in [0.5, 0.6) is 0 Å². The van der Waals surface area contributed by atoms with Crippen LogP contribution in [0, 0.1) is 0 Å². The van der Waals surface area contributed by atoms with Gasteiger partial charge in [0, 0.05) is 24.6 Å². The van der Waals surface area contributed by atoms with E-state index in [1.807, 2.05) is 0 Å². The second-order valence-electron chi connectivity index (χ2n) is 4.45. The first-order chi connectivity index (χ1) is 9.48. The predicted octanol–water partition coefficient (Wildman–Crippen LogP) is 2.03. The molecular weight excluding hydrogens is 289 g/mol. The Morgan fingerprint density at radius 1 is 1.40 bits per heavy atom. The topological polar surface area (TPSA) is 41.1 Å². The van der Waals surface area contributed by atoms with Crippen LogP contribution in [-0.4, -0.2) is 30.0 Å². The highest BCUT2D eigenvalue weighted by Crippen LogP contribution is 2.31. The van der Waals surface area contributed by atoms with Gasteiger partial charge in [-0.1, -0.05) is 18.2 Å². The molecule has 2 rings (SSSR count). The molecular formula is C13H15F3N2OS. The van der Waals surface area contributed by atoms with Gasteiger partial charge in [0.2, 0.25) is 5.91 Å². The minimum absolute atomic E-state index is 0.0804. The quantitative estimate of drug-likeness (QED) is 0.898. The van der Waals surface area contributed by atoms with Crippen LogP contribution in [0.3, 0.4) is 0 Å². The van der Waals surface area contributed by atoms with E-state index in [2.05, 4.69) is 10.6 Å². The SMILES string of the molecule is O=C(NCc1ccccc1C(F)(F)F)C1CSCCN1. The van der Waals surface area contributed by atoms with E-state index < -0.39 is 11.7 Å². The number of hydrogen-bond acceptors (Lipinski definition) is 3. The molecule has 1 aromatic rings. The molecule has 0 saturated carbocycles. The van der Waals surface area contributed by atoms with Gasteiger partial charge in [-0.3, -0.25) is 4.79 Å². The van der Waals surface area contributed by atoms with Crippen molar-refractivity contribution in [2.75, 3.05) is 18.1 Å². The summed E-state index contributed by atoms with van der Waals surface area (Å²) in [6.45, 7) is 0.624. The summed E-state index contributed by atoms with van der Waals surface area (Å²) in [5.74, 6) is 1.34. The summed E-state index contributed by atoms with van der Waals surface area (Å²) in [4.78, 5) is 11.9. The standard InChI is InChI=1S/C13H15F3N2OS/c14-13(15,16)10-4-2-1-3-9(10)7-18-12(19)11-8-20-6-5-17-11/h1-4,11,17H,5-8H2,(H,18,19). The Balaban J connectivity index is 1.98. The van der Waals surface area contributed by atoms with E-state index in [0.717, 1.165) is 18.4 Å².